The molecule has 3 aromatic rings. The number of anilines is 1. The van der Waals surface area contributed by atoms with Gasteiger partial charge in [0.25, 0.3) is 0 Å². The number of hydrogen-bond donors (Lipinski definition) is 2. The van der Waals surface area contributed by atoms with Crippen LogP contribution in [0, 0.1) is 0 Å². The fourth-order valence-electron chi connectivity index (χ4n) is 2.07. The highest BCUT2D eigenvalue weighted by molar-refractivity contribution is 14.1. The smallest absolute Gasteiger partial charge is 0.125 e. The molecule has 2 aromatic heterocycles. The molecule has 1 aromatic carbocycles. The third kappa shape index (κ3) is 1.36. The van der Waals surface area contributed by atoms with Crippen LogP contribution in [0.1, 0.15) is 5.69 Å². The van der Waals surface area contributed by atoms with Crippen molar-refractivity contribution in [2.24, 2.45) is 0 Å². The molecule has 3 N–H and O–H groups in total. The van der Waals surface area contributed by atoms with E-state index in [1.807, 2.05) is 18.2 Å². The molecule has 0 unspecified atom stereocenters. The number of nitrogen functional groups attached to an aromatic ring is 1. The van der Waals surface area contributed by atoms with Crippen molar-refractivity contribution in [1.82, 2.24) is 9.97 Å². The Kier molecular flexibility index (Phi) is 2.24. The second kappa shape index (κ2) is 3.62. The Morgan fingerprint density at radius 2 is 2.06 bits per heavy atom. The topological polar surface area (TPSA) is 54.7 Å². The molecule has 80 valence electrons. The van der Waals surface area contributed by atoms with Crippen LogP contribution in [0.25, 0.3) is 21.8 Å². The summed E-state index contributed by atoms with van der Waals surface area (Å²) in [6, 6.07) is 10.1. The van der Waals surface area contributed by atoms with Crippen molar-refractivity contribution >= 4 is 50.2 Å². The average molecular weight is 323 g/mol. The summed E-state index contributed by atoms with van der Waals surface area (Å²) < 4.78 is 0.862. The molecule has 4 heteroatoms. The monoisotopic (exact) mass is 323 g/mol. The lowest BCUT2D eigenvalue weighted by Gasteiger charge is -2.00. The molecule has 16 heavy (non-hydrogen) atoms. The van der Waals surface area contributed by atoms with Crippen molar-refractivity contribution in [3.63, 3.8) is 0 Å². The van der Waals surface area contributed by atoms with E-state index in [9.17, 15) is 0 Å². The van der Waals surface area contributed by atoms with Gasteiger partial charge in [0.05, 0.1) is 11.2 Å². The molecule has 0 radical (unpaired) electrons. The number of nitrogens with zero attached hydrogens (tertiary/aromatic N) is 1. The predicted molar refractivity (Wildman–Crippen MR) is 75.7 cm³/mol. The predicted octanol–water partition coefficient (Wildman–Crippen LogP) is 3.23. The van der Waals surface area contributed by atoms with Gasteiger partial charge in [0.2, 0.25) is 0 Å². The molecule has 3 rings (SSSR count). The van der Waals surface area contributed by atoms with Crippen LogP contribution < -0.4 is 5.73 Å². The van der Waals surface area contributed by atoms with Crippen molar-refractivity contribution in [2.75, 3.05) is 5.73 Å². The molecule has 3 nitrogen and oxygen atoms in total. The first-order valence-corrected chi connectivity index (χ1v) is 6.54. The fourth-order valence-corrected chi connectivity index (χ4v) is 2.62. The first-order valence-electron chi connectivity index (χ1n) is 5.01. The lowest BCUT2D eigenvalue weighted by molar-refractivity contribution is 1.24. The molecule has 0 fully saturated rings. The van der Waals surface area contributed by atoms with Crippen LogP contribution in [0.15, 0.2) is 30.3 Å². The highest BCUT2D eigenvalue weighted by Gasteiger charge is 2.09. The van der Waals surface area contributed by atoms with Gasteiger partial charge < -0.3 is 10.7 Å². The summed E-state index contributed by atoms with van der Waals surface area (Å²) in [6.45, 7) is 0. The zero-order chi connectivity index (χ0) is 11.1. The second-order valence-electron chi connectivity index (χ2n) is 3.72. The molecule has 0 saturated heterocycles. The van der Waals surface area contributed by atoms with Crippen molar-refractivity contribution in [1.29, 1.82) is 0 Å². The number of aromatic nitrogens is 2. The Morgan fingerprint density at radius 3 is 2.88 bits per heavy atom. The van der Waals surface area contributed by atoms with Crippen LogP contribution >= 0.6 is 22.6 Å². The maximum absolute atomic E-state index is 5.79. The number of pyridine rings is 1. The number of benzene rings is 1. The number of alkyl halides is 1. The van der Waals surface area contributed by atoms with E-state index in [0.29, 0.717) is 5.82 Å². The van der Waals surface area contributed by atoms with Crippen molar-refractivity contribution in [3.8, 4) is 0 Å². The second-order valence-corrected chi connectivity index (χ2v) is 4.48. The maximum atomic E-state index is 5.79. The Hall–Kier alpha value is -1.30. The summed E-state index contributed by atoms with van der Waals surface area (Å²) in [5, 5.41) is 2.41. The first kappa shape index (κ1) is 9.89. The van der Waals surface area contributed by atoms with E-state index in [1.54, 1.807) is 0 Å². The average Bonchev–Trinajstić information content (AvgIpc) is 2.65. The molecule has 0 atom stereocenters. The number of halogens is 1. The number of hydrogen-bond acceptors (Lipinski definition) is 2. The molecule has 0 amide bonds. The van der Waals surface area contributed by atoms with E-state index >= 15 is 0 Å². The molecule has 0 spiro atoms. The summed E-state index contributed by atoms with van der Waals surface area (Å²) in [7, 11) is 0. The van der Waals surface area contributed by atoms with Crippen LogP contribution in [0.2, 0.25) is 0 Å². The van der Waals surface area contributed by atoms with Crippen molar-refractivity contribution < 1.29 is 0 Å². The van der Waals surface area contributed by atoms with E-state index in [-0.39, 0.29) is 0 Å². The molecule has 0 aliphatic heterocycles. The number of H-pyrrole nitrogens is 1. The van der Waals surface area contributed by atoms with E-state index in [1.165, 1.54) is 10.8 Å². The van der Waals surface area contributed by atoms with Crippen molar-refractivity contribution in [2.45, 2.75) is 4.43 Å². The van der Waals surface area contributed by atoms with Gasteiger partial charge >= 0.3 is 0 Å². The Morgan fingerprint density at radius 1 is 1.25 bits per heavy atom. The van der Waals surface area contributed by atoms with Gasteiger partial charge in [-0.3, -0.25) is 0 Å². The van der Waals surface area contributed by atoms with Crippen LogP contribution in [-0.2, 0) is 4.43 Å². The molecule has 0 saturated carbocycles. The molecular weight excluding hydrogens is 313 g/mol. The van der Waals surface area contributed by atoms with E-state index in [4.69, 9.17) is 5.73 Å². The minimum atomic E-state index is 0.575. The minimum Gasteiger partial charge on any atom is -0.384 e. The number of nitrogens with one attached hydrogen (secondary N) is 1. The van der Waals surface area contributed by atoms with Gasteiger partial charge in [0, 0.05) is 26.8 Å². The first-order chi connectivity index (χ1) is 7.79. The van der Waals surface area contributed by atoms with E-state index in [2.05, 4.69) is 44.7 Å². The van der Waals surface area contributed by atoms with Gasteiger partial charge in [-0.1, -0.05) is 40.8 Å². The normalized spacial score (nSPS) is 11.3. The largest absolute Gasteiger partial charge is 0.384 e. The highest BCUT2D eigenvalue weighted by Crippen LogP contribution is 2.29. The summed E-state index contributed by atoms with van der Waals surface area (Å²) in [5.74, 6) is 0.575. The Bertz CT molecular complexity index is 672. The number of nitrogens with two attached hydrogens (primary N) is 1. The lowest BCUT2D eigenvalue weighted by Crippen LogP contribution is -1.94. The maximum Gasteiger partial charge on any atom is 0.125 e. The third-order valence-corrected chi connectivity index (χ3v) is 3.43. The fraction of sp³-hybridized carbons (Fsp3) is 0.0833. The highest BCUT2D eigenvalue weighted by atomic mass is 127. The van der Waals surface area contributed by atoms with Gasteiger partial charge in [0.1, 0.15) is 5.82 Å². The van der Waals surface area contributed by atoms with Crippen LogP contribution in [0.3, 0.4) is 0 Å². The summed E-state index contributed by atoms with van der Waals surface area (Å²) in [5.41, 5.74) is 9.04. The number of fused-ring (bicyclic) bond motifs is 3. The lowest BCUT2D eigenvalue weighted by atomic mass is 10.1. The van der Waals surface area contributed by atoms with Crippen LogP contribution in [-0.4, -0.2) is 9.97 Å². The number of para-hydroxylation sites is 1. The van der Waals surface area contributed by atoms with Crippen molar-refractivity contribution in [3.05, 3.63) is 36.0 Å². The van der Waals surface area contributed by atoms with Gasteiger partial charge in [0.15, 0.2) is 0 Å². The van der Waals surface area contributed by atoms with Crippen LogP contribution in [0.5, 0.6) is 0 Å². The molecule has 0 aliphatic carbocycles. The zero-order valence-electron chi connectivity index (χ0n) is 8.50. The summed E-state index contributed by atoms with van der Waals surface area (Å²) in [4.78, 5) is 7.76. The van der Waals surface area contributed by atoms with Gasteiger partial charge in [-0.25, -0.2) is 4.98 Å². The van der Waals surface area contributed by atoms with Gasteiger partial charge in [-0.15, -0.1) is 0 Å². The molecule has 0 bridgehead atoms. The SMILES string of the molecule is Nc1cc2[nH]c3ccccc3c2c(CI)n1. The molecule has 0 aliphatic rings. The Balaban J connectivity index is 2.55. The number of rotatable bonds is 1. The minimum absolute atomic E-state index is 0.575. The summed E-state index contributed by atoms with van der Waals surface area (Å²) in [6.07, 6.45) is 0. The van der Waals surface area contributed by atoms with E-state index < -0.39 is 0 Å². The third-order valence-electron chi connectivity index (χ3n) is 2.71. The van der Waals surface area contributed by atoms with Gasteiger partial charge in [-0.2, -0.15) is 0 Å². The molecule has 2 heterocycles. The van der Waals surface area contributed by atoms with Gasteiger partial charge in [-0.05, 0) is 6.07 Å². The van der Waals surface area contributed by atoms with E-state index in [0.717, 1.165) is 21.2 Å². The quantitative estimate of drug-likeness (QED) is 0.534. The standard InChI is InChI=1S/C12H10IN3/c13-6-10-12-7-3-1-2-4-8(7)15-9(12)5-11(14)16-10/h1-5,15H,6H2,(H2,14,16). The Labute approximate surface area is 106 Å². The van der Waals surface area contributed by atoms with Crippen LogP contribution in [0.4, 0.5) is 5.82 Å². The molecular formula is C12H10IN3. The number of aromatic amines is 1. The zero-order valence-corrected chi connectivity index (χ0v) is 10.7. The summed E-state index contributed by atoms with van der Waals surface area (Å²) >= 11 is 2.32.